The standard InChI is InChI=1S/C5H7ClO2.Ru/c1-2-5(7)8-4-3-6;/h2H,1,3-4H2;. The summed E-state index contributed by atoms with van der Waals surface area (Å²) in [5.41, 5.74) is 0. The van der Waals surface area contributed by atoms with Crippen LogP contribution < -0.4 is 0 Å². The van der Waals surface area contributed by atoms with Gasteiger partial charge in [0.25, 0.3) is 0 Å². The van der Waals surface area contributed by atoms with E-state index in [1.54, 1.807) is 0 Å². The number of carbonyl (C=O) groups is 1. The maximum atomic E-state index is 10.2. The van der Waals surface area contributed by atoms with Crippen LogP contribution in [0, 0.1) is 0 Å². The van der Waals surface area contributed by atoms with Gasteiger partial charge < -0.3 is 4.74 Å². The van der Waals surface area contributed by atoms with E-state index in [1.807, 2.05) is 0 Å². The van der Waals surface area contributed by atoms with Crippen LogP contribution >= 0.6 is 11.6 Å². The van der Waals surface area contributed by atoms with Crippen molar-refractivity contribution in [1.82, 2.24) is 0 Å². The molecular weight excluding hydrogens is 229 g/mol. The van der Waals surface area contributed by atoms with Gasteiger partial charge in [0, 0.05) is 25.6 Å². The SMILES string of the molecule is C=CC(=O)OCCCl.[Ru]. The Kier molecular flexibility index (Phi) is 10.7. The van der Waals surface area contributed by atoms with Crippen molar-refractivity contribution < 1.29 is 29.0 Å². The van der Waals surface area contributed by atoms with Crippen molar-refractivity contribution in [3.63, 3.8) is 0 Å². The van der Waals surface area contributed by atoms with Crippen LogP contribution in [0.3, 0.4) is 0 Å². The van der Waals surface area contributed by atoms with Gasteiger partial charge >= 0.3 is 5.97 Å². The third-order valence-corrected chi connectivity index (χ3v) is 0.642. The van der Waals surface area contributed by atoms with Gasteiger partial charge in [0.15, 0.2) is 0 Å². The Morgan fingerprint density at radius 3 is 2.67 bits per heavy atom. The van der Waals surface area contributed by atoms with Gasteiger partial charge in [0.1, 0.15) is 6.61 Å². The number of esters is 1. The maximum Gasteiger partial charge on any atom is 0.330 e. The molecule has 0 saturated heterocycles. The molecule has 0 radical (unpaired) electrons. The predicted molar refractivity (Wildman–Crippen MR) is 31.9 cm³/mol. The predicted octanol–water partition coefficient (Wildman–Crippen LogP) is 0.952. The van der Waals surface area contributed by atoms with Crippen molar-refractivity contribution in [3.05, 3.63) is 12.7 Å². The minimum Gasteiger partial charge on any atom is -0.461 e. The first-order valence-electron chi connectivity index (χ1n) is 2.16. The zero-order valence-electron chi connectivity index (χ0n) is 4.75. The summed E-state index contributed by atoms with van der Waals surface area (Å²) in [5.74, 6) is -0.0924. The largest absolute Gasteiger partial charge is 0.461 e. The average Bonchev–Trinajstić information content (AvgIpc) is 1.83. The molecule has 0 N–H and O–H groups in total. The molecule has 0 rings (SSSR count). The average molecular weight is 236 g/mol. The van der Waals surface area contributed by atoms with Crippen LogP contribution in [-0.4, -0.2) is 18.5 Å². The molecule has 54 valence electrons. The van der Waals surface area contributed by atoms with Gasteiger partial charge in [-0.3, -0.25) is 0 Å². The minimum atomic E-state index is -0.425. The van der Waals surface area contributed by atoms with E-state index in [-0.39, 0.29) is 26.1 Å². The number of alkyl halides is 1. The zero-order valence-corrected chi connectivity index (χ0v) is 7.24. The van der Waals surface area contributed by atoms with E-state index in [0.29, 0.717) is 5.88 Å². The van der Waals surface area contributed by atoms with Crippen LogP contribution in [-0.2, 0) is 29.0 Å². The van der Waals surface area contributed by atoms with Gasteiger partial charge in [0.2, 0.25) is 0 Å². The first-order valence-corrected chi connectivity index (χ1v) is 2.70. The Balaban J connectivity index is 0. The molecule has 0 aromatic carbocycles. The van der Waals surface area contributed by atoms with Crippen molar-refractivity contribution in [2.24, 2.45) is 0 Å². The molecule has 0 bridgehead atoms. The minimum absolute atomic E-state index is 0. The second-order valence-corrected chi connectivity index (χ2v) is 1.44. The number of ether oxygens (including phenoxy) is 1. The Hall–Kier alpha value is 0.123. The zero-order chi connectivity index (χ0) is 6.41. The summed E-state index contributed by atoms with van der Waals surface area (Å²) in [6, 6.07) is 0. The van der Waals surface area contributed by atoms with E-state index in [0.717, 1.165) is 6.08 Å². The van der Waals surface area contributed by atoms with Gasteiger partial charge in [0.05, 0.1) is 5.88 Å². The van der Waals surface area contributed by atoms with Crippen molar-refractivity contribution >= 4 is 17.6 Å². The van der Waals surface area contributed by atoms with E-state index < -0.39 is 5.97 Å². The van der Waals surface area contributed by atoms with Crippen molar-refractivity contribution in [3.8, 4) is 0 Å². The molecule has 0 aliphatic heterocycles. The van der Waals surface area contributed by atoms with Gasteiger partial charge in [-0.1, -0.05) is 6.58 Å². The summed E-state index contributed by atoms with van der Waals surface area (Å²) >= 11 is 5.19. The first-order chi connectivity index (χ1) is 3.81. The number of rotatable bonds is 3. The molecule has 0 saturated carbocycles. The summed E-state index contributed by atoms with van der Waals surface area (Å²) in [6.07, 6.45) is 1.10. The van der Waals surface area contributed by atoms with Crippen molar-refractivity contribution in [1.29, 1.82) is 0 Å². The summed E-state index contributed by atoms with van der Waals surface area (Å²) in [7, 11) is 0. The fraction of sp³-hybridized carbons (Fsp3) is 0.400. The van der Waals surface area contributed by atoms with Crippen LogP contribution in [0.5, 0.6) is 0 Å². The third-order valence-electron chi connectivity index (χ3n) is 0.488. The molecule has 4 heteroatoms. The van der Waals surface area contributed by atoms with E-state index in [9.17, 15) is 4.79 Å². The number of hydrogen-bond acceptors (Lipinski definition) is 2. The molecule has 9 heavy (non-hydrogen) atoms. The van der Waals surface area contributed by atoms with E-state index in [1.165, 1.54) is 0 Å². The van der Waals surface area contributed by atoms with Crippen LogP contribution in [0.25, 0.3) is 0 Å². The topological polar surface area (TPSA) is 26.3 Å². The van der Waals surface area contributed by atoms with E-state index >= 15 is 0 Å². The number of halogens is 1. The van der Waals surface area contributed by atoms with E-state index in [4.69, 9.17) is 11.6 Å². The Morgan fingerprint density at radius 2 is 2.33 bits per heavy atom. The van der Waals surface area contributed by atoms with Gasteiger partial charge in [-0.15, -0.1) is 11.6 Å². The van der Waals surface area contributed by atoms with Gasteiger partial charge in [-0.2, -0.15) is 0 Å². The van der Waals surface area contributed by atoms with Crippen LogP contribution in [0.4, 0.5) is 0 Å². The summed E-state index contributed by atoms with van der Waals surface area (Å²) < 4.78 is 4.45. The quantitative estimate of drug-likeness (QED) is 0.315. The van der Waals surface area contributed by atoms with Crippen LogP contribution in [0.1, 0.15) is 0 Å². The van der Waals surface area contributed by atoms with Crippen LogP contribution in [0.2, 0.25) is 0 Å². The monoisotopic (exact) mass is 236 g/mol. The molecule has 0 unspecified atom stereocenters. The van der Waals surface area contributed by atoms with Crippen molar-refractivity contribution in [2.45, 2.75) is 0 Å². The normalized spacial score (nSPS) is 7.22. The second-order valence-electron chi connectivity index (χ2n) is 1.06. The molecule has 0 aromatic heterocycles. The molecule has 2 nitrogen and oxygen atoms in total. The Labute approximate surface area is 72.0 Å². The first kappa shape index (κ1) is 11.9. The molecule has 0 heterocycles. The molecule has 0 atom stereocenters. The number of hydrogen-bond donors (Lipinski definition) is 0. The molecule has 0 amide bonds. The fourth-order valence-corrected chi connectivity index (χ4v) is 0.275. The second kappa shape index (κ2) is 8.12. The van der Waals surface area contributed by atoms with Crippen LogP contribution in [0.15, 0.2) is 12.7 Å². The smallest absolute Gasteiger partial charge is 0.330 e. The molecule has 0 aliphatic rings. The molecular formula is C5H7ClO2Ru. The Bertz CT molecular complexity index is 95.0. The summed E-state index contributed by atoms with van der Waals surface area (Å²) in [5, 5.41) is 0. The summed E-state index contributed by atoms with van der Waals surface area (Å²) in [4.78, 5) is 10.2. The third kappa shape index (κ3) is 8.12. The molecule has 0 fully saturated rings. The van der Waals surface area contributed by atoms with E-state index in [2.05, 4.69) is 11.3 Å². The van der Waals surface area contributed by atoms with Gasteiger partial charge in [-0.05, 0) is 0 Å². The molecule has 0 spiro atoms. The maximum absolute atomic E-state index is 10.2. The fourth-order valence-electron chi connectivity index (χ4n) is 0.198. The molecule has 0 aromatic rings. The van der Waals surface area contributed by atoms with Crippen molar-refractivity contribution in [2.75, 3.05) is 12.5 Å². The summed E-state index contributed by atoms with van der Waals surface area (Å²) in [6.45, 7) is 3.45. The van der Waals surface area contributed by atoms with Gasteiger partial charge in [-0.25, -0.2) is 4.79 Å². The molecule has 0 aliphatic carbocycles. The Morgan fingerprint density at radius 1 is 1.78 bits per heavy atom. The number of carbonyl (C=O) groups excluding carboxylic acids is 1.